The van der Waals surface area contributed by atoms with E-state index >= 15 is 0 Å². The fourth-order valence-corrected chi connectivity index (χ4v) is 2.93. The van der Waals surface area contributed by atoms with Crippen LogP contribution in [0.4, 0.5) is 0 Å². The number of nitrogens with zero attached hydrogens (tertiary/aromatic N) is 2. The van der Waals surface area contributed by atoms with Crippen molar-refractivity contribution < 1.29 is 0 Å². The molecule has 0 spiro atoms. The molecular formula is C16H12BrClN2. The van der Waals surface area contributed by atoms with Gasteiger partial charge < -0.3 is 0 Å². The van der Waals surface area contributed by atoms with Gasteiger partial charge in [-0.25, -0.2) is 0 Å². The lowest BCUT2D eigenvalue weighted by atomic mass is 9.98. The zero-order valence-electron chi connectivity index (χ0n) is 11.1. The minimum atomic E-state index is 0.460. The average molecular weight is 348 g/mol. The van der Waals surface area contributed by atoms with E-state index in [0.29, 0.717) is 5.15 Å². The molecule has 4 heteroatoms. The van der Waals surface area contributed by atoms with Crippen molar-refractivity contribution in [1.82, 2.24) is 10.2 Å². The molecule has 0 amide bonds. The van der Waals surface area contributed by atoms with Crippen molar-refractivity contribution in [3.05, 3.63) is 57.2 Å². The van der Waals surface area contributed by atoms with Crippen molar-refractivity contribution in [3.8, 4) is 11.3 Å². The molecule has 0 radical (unpaired) electrons. The highest BCUT2D eigenvalue weighted by atomic mass is 79.9. The second-order valence-corrected chi connectivity index (χ2v) is 6.07. The molecule has 0 unspecified atom stereocenters. The monoisotopic (exact) mass is 346 g/mol. The van der Waals surface area contributed by atoms with Gasteiger partial charge in [0, 0.05) is 20.8 Å². The van der Waals surface area contributed by atoms with Gasteiger partial charge in [-0.15, -0.1) is 10.2 Å². The zero-order valence-corrected chi connectivity index (χ0v) is 13.5. The second kappa shape index (κ2) is 5.15. The number of aromatic nitrogens is 2. The van der Waals surface area contributed by atoms with Gasteiger partial charge in [-0.2, -0.15) is 0 Å². The third-order valence-electron chi connectivity index (χ3n) is 3.42. The van der Waals surface area contributed by atoms with Crippen LogP contribution in [0.2, 0.25) is 5.15 Å². The standard InChI is InChI=1S/C16H12BrClN2/c1-9-3-4-10(2)14-13(9)15(19-20-16(14)18)11-5-7-12(17)8-6-11/h3-8H,1-2H3. The summed E-state index contributed by atoms with van der Waals surface area (Å²) in [4.78, 5) is 0. The van der Waals surface area contributed by atoms with Crippen LogP contribution >= 0.6 is 27.5 Å². The van der Waals surface area contributed by atoms with Gasteiger partial charge in [0.15, 0.2) is 5.15 Å². The summed E-state index contributed by atoms with van der Waals surface area (Å²) >= 11 is 9.69. The van der Waals surface area contributed by atoms with Crippen molar-refractivity contribution in [1.29, 1.82) is 0 Å². The minimum Gasteiger partial charge on any atom is -0.148 e. The fraction of sp³-hybridized carbons (Fsp3) is 0.125. The van der Waals surface area contributed by atoms with Gasteiger partial charge in [0.05, 0.1) is 0 Å². The molecule has 2 aromatic carbocycles. The van der Waals surface area contributed by atoms with E-state index in [9.17, 15) is 0 Å². The summed E-state index contributed by atoms with van der Waals surface area (Å²) in [7, 11) is 0. The predicted molar refractivity (Wildman–Crippen MR) is 87.2 cm³/mol. The van der Waals surface area contributed by atoms with Gasteiger partial charge in [0.25, 0.3) is 0 Å². The first kappa shape index (κ1) is 13.5. The van der Waals surface area contributed by atoms with Gasteiger partial charge >= 0.3 is 0 Å². The van der Waals surface area contributed by atoms with Crippen molar-refractivity contribution in [2.24, 2.45) is 0 Å². The smallest absolute Gasteiger partial charge is 0.148 e. The largest absolute Gasteiger partial charge is 0.159 e. The molecule has 0 atom stereocenters. The Bertz CT molecular complexity index is 789. The maximum Gasteiger partial charge on any atom is 0.159 e. The maximum atomic E-state index is 6.24. The Kier molecular flexibility index (Phi) is 3.48. The van der Waals surface area contributed by atoms with Gasteiger partial charge in [-0.1, -0.05) is 51.8 Å². The summed E-state index contributed by atoms with van der Waals surface area (Å²) in [5.74, 6) is 0. The normalized spacial score (nSPS) is 11.0. The van der Waals surface area contributed by atoms with Crippen molar-refractivity contribution in [3.63, 3.8) is 0 Å². The van der Waals surface area contributed by atoms with E-state index < -0.39 is 0 Å². The average Bonchev–Trinajstić information content (AvgIpc) is 2.44. The summed E-state index contributed by atoms with van der Waals surface area (Å²) in [6.45, 7) is 4.11. The topological polar surface area (TPSA) is 25.8 Å². The number of rotatable bonds is 1. The quantitative estimate of drug-likeness (QED) is 0.594. The molecule has 1 aromatic heterocycles. The molecule has 3 rings (SSSR count). The van der Waals surface area contributed by atoms with Crippen molar-refractivity contribution in [2.75, 3.05) is 0 Å². The third-order valence-corrected chi connectivity index (χ3v) is 4.21. The lowest BCUT2D eigenvalue weighted by Crippen LogP contribution is -1.95. The van der Waals surface area contributed by atoms with Crippen LogP contribution < -0.4 is 0 Å². The molecule has 0 fully saturated rings. The fourth-order valence-electron chi connectivity index (χ4n) is 2.39. The zero-order chi connectivity index (χ0) is 14.3. The second-order valence-electron chi connectivity index (χ2n) is 4.80. The van der Waals surface area contributed by atoms with Crippen LogP contribution in [-0.2, 0) is 0 Å². The van der Waals surface area contributed by atoms with Gasteiger partial charge in [-0.05, 0) is 37.1 Å². The Balaban J connectivity index is 2.40. The molecule has 0 aliphatic rings. The van der Waals surface area contributed by atoms with Crippen molar-refractivity contribution >= 4 is 38.3 Å². The van der Waals surface area contributed by atoms with E-state index in [-0.39, 0.29) is 0 Å². The SMILES string of the molecule is Cc1ccc(C)c2c(-c3ccc(Br)cc3)nnc(Cl)c12. The first-order valence-corrected chi connectivity index (χ1v) is 7.43. The number of aryl methyl sites for hydroxylation is 2. The van der Waals surface area contributed by atoms with E-state index in [1.807, 2.05) is 31.2 Å². The molecule has 0 N–H and O–H groups in total. The Morgan fingerprint density at radius 3 is 2.10 bits per heavy atom. The Hall–Kier alpha value is -1.45. The highest BCUT2D eigenvalue weighted by Gasteiger charge is 2.13. The summed E-state index contributed by atoms with van der Waals surface area (Å²) in [6.07, 6.45) is 0. The van der Waals surface area contributed by atoms with E-state index in [2.05, 4.69) is 45.2 Å². The minimum absolute atomic E-state index is 0.460. The maximum absolute atomic E-state index is 6.24. The number of fused-ring (bicyclic) bond motifs is 1. The number of hydrogen-bond acceptors (Lipinski definition) is 2. The van der Waals surface area contributed by atoms with Gasteiger partial charge in [0.2, 0.25) is 0 Å². The number of hydrogen-bond donors (Lipinski definition) is 0. The summed E-state index contributed by atoms with van der Waals surface area (Å²) in [5, 5.41) is 10.9. The third kappa shape index (κ3) is 2.21. The molecule has 20 heavy (non-hydrogen) atoms. The van der Waals surface area contributed by atoms with E-state index in [1.165, 1.54) is 0 Å². The molecule has 0 bridgehead atoms. The van der Waals surface area contributed by atoms with Crippen LogP contribution in [0, 0.1) is 13.8 Å². The van der Waals surface area contributed by atoms with Crippen LogP contribution in [0.5, 0.6) is 0 Å². The Labute approximate surface area is 130 Å². The molecule has 3 aromatic rings. The molecule has 0 saturated carbocycles. The van der Waals surface area contributed by atoms with Crippen LogP contribution in [0.25, 0.3) is 22.0 Å². The Morgan fingerprint density at radius 2 is 1.45 bits per heavy atom. The van der Waals surface area contributed by atoms with Crippen LogP contribution in [0.15, 0.2) is 40.9 Å². The van der Waals surface area contributed by atoms with E-state index in [0.717, 1.165) is 37.6 Å². The van der Waals surface area contributed by atoms with Gasteiger partial charge in [-0.3, -0.25) is 0 Å². The number of benzene rings is 2. The molecule has 1 heterocycles. The lowest BCUT2D eigenvalue weighted by molar-refractivity contribution is 1.05. The van der Waals surface area contributed by atoms with Crippen LogP contribution in [0.3, 0.4) is 0 Å². The van der Waals surface area contributed by atoms with Crippen molar-refractivity contribution in [2.45, 2.75) is 13.8 Å². The predicted octanol–water partition coefficient (Wildman–Crippen LogP) is 5.33. The molecule has 2 nitrogen and oxygen atoms in total. The number of halogens is 2. The summed E-state index contributed by atoms with van der Waals surface area (Å²) in [6, 6.07) is 12.2. The molecule has 0 saturated heterocycles. The van der Waals surface area contributed by atoms with Gasteiger partial charge in [0.1, 0.15) is 5.69 Å². The van der Waals surface area contributed by atoms with E-state index in [1.54, 1.807) is 0 Å². The van der Waals surface area contributed by atoms with Crippen LogP contribution in [-0.4, -0.2) is 10.2 Å². The molecule has 0 aliphatic carbocycles. The Morgan fingerprint density at radius 1 is 0.850 bits per heavy atom. The molecule has 100 valence electrons. The molecular weight excluding hydrogens is 336 g/mol. The summed E-state index contributed by atoms with van der Waals surface area (Å²) < 4.78 is 1.04. The van der Waals surface area contributed by atoms with Crippen LogP contribution in [0.1, 0.15) is 11.1 Å². The first-order valence-electron chi connectivity index (χ1n) is 6.26. The first-order chi connectivity index (χ1) is 9.58. The summed E-state index contributed by atoms with van der Waals surface area (Å²) in [5.41, 5.74) is 4.18. The highest BCUT2D eigenvalue weighted by molar-refractivity contribution is 9.10. The molecule has 0 aliphatic heterocycles. The van der Waals surface area contributed by atoms with E-state index in [4.69, 9.17) is 11.6 Å². The lowest BCUT2D eigenvalue weighted by Gasteiger charge is -2.11. The highest BCUT2D eigenvalue weighted by Crippen LogP contribution is 2.34.